The van der Waals surface area contributed by atoms with E-state index >= 15 is 0 Å². The van der Waals surface area contributed by atoms with Crippen LogP contribution in [0.2, 0.25) is 0 Å². The lowest BCUT2D eigenvalue weighted by Crippen LogP contribution is -2.22. The molecule has 0 aromatic carbocycles. The van der Waals surface area contributed by atoms with Crippen molar-refractivity contribution in [2.75, 3.05) is 0 Å². The molecule has 2 fully saturated rings. The summed E-state index contributed by atoms with van der Waals surface area (Å²) in [6.45, 7) is 0. The monoisotopic (exact) mass is 243 g/mol. The summed E-state index contributed by atoms with van der Waals surface area (Å²) >= 11 is 0. The Bertz CT molecular complexity index is 436. The highest BCUT2D eigenvalue weighted by Gasteiger charge is 2.48. The van der Waals surface area contributed by atoms with Gasteiger partial charge in [0.25, 0.3) is 0 Å². The van der Waals surface area contributed by atoms with Crippen LogP contribution in [0.25, 0.3) is 0 Å². The topological polar surface area (TPSA) is 22.1 Å². The van der Waals surface area contributed by atoms with Crippen molar-refractivity contribution >= 4 is 0 Å². The maximum absolute atomic E-state index is 12.6. The van der Waals surface area contributed by atoms with Gasteiger partial charge < -0.3 is 4.74 Å². The van der Waals surface area contributed by atoms with Crippen molar-refractivity contribution in [2.45, 2.75) is 43.6 Å². The molecule has 0 N–H and O–H groups in total. The molecule has 3 heterocycles. The number of nitrogens with zero attached hydrogens (tertiary/aromatic N) is 1. The molecule has 0 atom stereocenters. The number of alkyl halides is 3. The SMILES string of the molecule is FC(F)(F)c1cncc(C23CCC(CC2)O3)c1. The highest BCUT2D eigenvalue weighted by molar-refractivity contribution is 5.28. The normalized spacial score (nSPS) is 32.1. The summed E-state index contributed by atoms with van der Waals surface area (Å²) in [5.74, 6) is 0. The van der Waals surface area contributed by atoms with Crippen LogP contribution < -0.4 is 0 Å². The van der Waals surface area contributed by atoms with Gasteiger partial charge in [0.1, 0.15) is 0 Å². The van der Waals surface area contributed by atoms with E-state index in [4.69, 9.17) is 4.74 Å². The van der Waals surface area contributed by atoms with Gasteiger partial charge in [-0.1, -0.05) is 0 Å². The third-order valence-corrected chi connectivity index (χ3v) is 3.72. The lowest BCUT2D eigenvalue weighted by atomic mass is 9.83. The van der Waals surface area contributed by atoms with E-state index in [9.17, 15) is 13.2 Å². The number of aromatic nitrogens is 1. The summed E-state index contributed by atoms with van der Waals surface area (Å²) < 4.78 is 43.6. The van der Waals surface area contributed by atoms with E-state index in [2.05, 4.69) is 4.98 Å². The highest BCUT2D eigenvalue weighted by atomic mass is 19.4. The third kappa shape index (κ3) is 1.73. The lowest BCUT2D eigenvalue weighted by molar-refractivity contribution is -0.138. The van der Waals surface area contributed by atoms with Crippen molar-refractivity contribution in [1.29, 1.82) is 0 Å². The van der Waals surface area contributed by atoms with Crippen LogP contribution in [-0.2, 0) is 16.5 Å². The Morgan fingerprint density at radius 1 is 1.24 bits per heavy atom. The first-order valence-electron chi connectivity index (χ1n) is 5.70. The number of fused-ring (bicyclic) bond motifs is 2. The highest BCUT2D eigenvalue weighted by Crippen LogP contribution is 2.50. The van der Waals surface area contributed by atoms with Gasteiger partial charge in [0.05, 0.1) is 17.3 Å². The van der Waals surface area contributed by atoms with Gasteiger partial charge in [-0.2, -0.15) is 13.2 Å². The van der Waals surface area contributed by atoms with Crippen molar-refractivity contribution in [3.63, 3.8) is 0 Å². The van der Waals surface area contributed by atoms with Crippen LogP contribution >= 0.6 is 0 Å². The van der Waals surface area contributed by atoms with Crippen molar-refractivity contribution in [3.05, 3.63) is 29.6 Å². The van der Waals surface area contributed by atoms with Crippen LogP contribution in [0.5, 0.6) is 0 Å². The average molecular weight is 243 g/mol. The Hall–Kier alpha value is -1.10. The zero-order valence-corrected chi connectivity index (χ0v) is 9.13. The van der Waals surface area contributed by atoms with E-state index in [1.165, 1.54) is 12.3 Å². The van der Waals surface area contributed by atoms with Gasteiger partial charge in [-0.3, -0.25) is 4.98 Å². The predicted octanol–water partition coefficient (Wildman–Crippen LogP) is 3.27. The van der Waals surface area contributed by atoms with E-state index < -0.39 is 17.3 Å². The number of pyridine rings is 1. The minimum absolute atomic E-state index is 0.226. The van der Waals surface area contributed by atoms with Crippen LogP contribution in [0.15, 0.2) is 18.5 Å². The maximum Gasteiger partial charge on any atom is 0.417 e. The van der Waals surface area contributed by atoms with E-state index in [-0.39, 0.29) is 6.10 Å². The van der Waals surface area contributed by atoms with E-state index in [0.29, 0.717) is 5.56 Å². The summed E-state index contributed by atoms with van der Waals surface area (Å²) in [5.41, 5.74) is -0.616. The smallest absolute Gasteiger partial charge is 0.367 e. The fourth-order valence-electron chi connectivity index (χ4n) is 2.81. The molecule has 2 bridgehead atoms. The summed E-state index contributed by atoms with van der Waals surface area (Å²) in [6.07, 6.45) is 1.75. The molecule has 1 aromatic heterocycles. The first kappa shape index (κ1) is 11.0. The zero-order valence-electron chi connectivity index (χ0n) is 9.13. The fourth-order valence-corrected chi connectivity index (χ4v) is 2.81. The Morgan fingerprint density at radius 2 is 1.94 bits per heavy atom. The second kappa shape index (κ2) is 3.45. The van der Waals surface area contributed by atoms with Crippen molar-refractivity contribution in [2.24, 2.45) is 0 Å². The fraction of sp³-hybridized carbons (Fsp3) is 0.583. The second-order valence-corrected chi connectivity index (χ2v) is 4.77. The molecule has 92 valence electrons. The van der Waals surface area contributed by atoms with Gasteiger partial charge in [-0.15, -0.1) is 0 Å². The summed E-state index contributed by atoms with van der Waals surface area (Å²) in [6, 6.07) is 1.18. The van der Waals surface area contributed by atoms with Gasteiger partial charge in [-0.05, 0) is 31.7 Å². The van der Waals surface area contributed by atoms with Crippen molar-refractivity contribution < 1.29 is 17.9 Å². The molecular formula is C12H12F3NO. The second-order valence-electron chi connectivity index (χ2n) is 4.77. The van der Waals surface area contributed by atoms with Gasteiger partial charge in [0.2, 0.25) is 0 Å². The molecule has 0 saturated carbocycles. The zero-order chi connectivity index (χ0) is 12.1. The number of ether oxygens (including phenoxy) is 1. The average Bonchev–Trinajstić information content (AvgIpc) is 2.89. The number of rotatable bonds is 1. The molecule has 2 nitrogen and oxygen atoms in total. The molecule has 0 spiro atoms. The third-order valence-electron chi connectivity index (χ3n) is 3.72. The molecule has 5 heteroatoms. The molecule has 0 amide bonds. The van der Waals surface area contributed by atoms with Gasteiger partial charge in [0.15, 0.2) is 0 Å². The molecular weight excluding hydrogens is 231 g/mol. The molecule has 17 heavy (non-hydrogen) atoms. The molecule has 1 aromatic rings. The first-order valence-corrected chi connectivity index (χ1v) is 5.70. The molecule has 2 aliphatic rings. The number of hydrogen-bond donors (Lipinski definition) is 0. The standard InChI is InChI=1S/C12H12F3NO/c13-12(14,15)9-5-8(6-16-7-9)11-3-1-10(17-11)2-4-11/h5-7,10H,1-4H2. The number of halogens is 3. The van der Waals surface area contributed by atoms with Crippen molar-refractivity contribution in [3.8, 4) is 0 Å². The van der Waals surface area contributed by atoms with Crippen LogP contribution in [0.4, 0.5) is 13.2 Å². The van der Waals surface area contributed by atoms with Crippen molar-refractivity contribution in [1.82, 2.24) is 4.98 Å². The van der Waals surface area contributed by atoms with E-state index in [0.717, 1.165) is 31.9 Å². The Morgan fingerprint density at radius 3 is 2.47 bits per heavy atom. The van der Waals surface area contributed by atoms with Crippen LogP contribution in [0, 0.1) is 0 Å². The minimum Gasteiger partial charge on any atom is -0.367 e. The minimum atomic E-state index is -4.34. The lowest BCUT2D eigenvalue weighted by Gasteiger charge is -2.25. The molecule has 0 aliphatic carbocycles. The van der Waals surface area contributed by atoms with Crippen LogP contribution in [0.3, 0.4) is 0 Å². The Kier molecular flexibility index (Phi) is 2.23. The molecule has 3 rings (SSSR count). The van der Waals surface area contributed by atoms with Gasteiger partial charge in [-0.25, -0.2) is 0 Å². The Balaban J connectivity index is 1.99. The largest absolute Gasteiger partial charge is 0.417 e. The molecule has 2 aliphatic heterocycles. The Labute approximate surface area is 96.8 Å². The summed E-state index contributed by atoms with van der Waals surface area (Å²) in [5, 5.41) is 0. The first-order chi connectivity index (χ1) is 8.00. The summed E-state index contributed by atoms with van der Waals surface area (Å²) in [4.78, 5) is 3.71. The summed E-state index contributed by atoms with van der Waals surface area (Å²) in [7, 11) is 0. The molecule has 0 unspecified atom stereocenters. The van der Waals surface area contributed by atoms with Gasteiger partial charge >= 0.3 is 6.18 Å². The molecule has 2 saturated heterocycles. The predicted molar refractivity (Wildman–Crippen MR) is 54.3 cm³/mol. The van der Waals surface area contributed by atoms with Crippen LogP contribution in [-0.4, -0.2) is 11.1 Å². The quantitative estimate of drug-likeness (QED) is 0.755. The molecule has 0 radical (unpaired) electrons. The number of hydrogen-bond acceptors (Lipinski definition) is 2. The van der Waals surface area contributed by atoms with E-state index in [1.54, 1.807) is 0 Å². The van der Waals surface area contributed by atoms with Crippen LogP contribution in [0.1, 0.15) is 36.8 Å². The van der Waals surface area contributed by atoms with Gasteiger partial charge in [0, 0.05) is 18.0 Å². The maximum atomic E-state index is 12.6. The van der Waals surface area contributed by atoms with E-state index in [1.807, 2.05) is 0 Å².